The monoisotopic (exact) mass is 488 g/mol. The van der Waals surface area contributed by atoms with Crippen molar-refractivity contribution in [1.29, 1.82) is 0 Å². The predicted molar refractivity (Wildman–Crippen MR) is 127 cm³/mol. The summed E-state index contributed by atoms with van der Waals surface area (Å²) >= 11 is 7.47. The molecular weight excluding hydrogens is 467 g/mol. The SMILES string of the molecule is C=CCN(C(=O)O)c1cccc(-c2nc(C3(C)CCOCC3)sc2-c2ccnc(Cl)n2)c1F. The lowest BCUT2D eigenvalue weighted by molar-refractivity contribution is 0.0564. The molecule has 10 heteroatoms. The molecule has 3 aromatic rings. The predicted octanol–water partition coefficient (Wildman–Crippen LogP) is 5.80. The van der Waals surface area contributed by atoms with Crippen molar-refractivity contribution in [3.63, 3.8) is 0 Å². The normalized spacial score (nSPS) is 15.2. The second-order valence-electron chi connectivity index (χ2n) is 7.90. The van der Waals surface area contributed by atoms with E-state index in [1.807, 2.05) is 0 Å². The molecule has 0 radical (unpaired) electrons. The van der Waals surface area contributed by atoms with Crippen LogP contribution < -0.4 is 4.90 Å². The van der Waals surface area contributed by atoms with Crippen LogP contribution in [0.3, 0.4) is 0 Å². The lowest BCUT2D eigenvalue weighted by Crippen LogP contribution is -2.30. The molecule has 3 heterocycles. The third-order valence-electron chi connectivity index (χ3n) is 5.67. The zero-order valence-corrected chi connectivity index (χ0v) is 19.5. The number of hydrogen-bond acceptors (Lipinski definition) is 6. The van der Waals surface area contributed by atoms with Gasteiger partial charge in [0.1, 0.15) is 0 Å². The highest BCUT2D eigenvalue weighted by atomic mass is 35.5. The summed E-state index contributed by atoms with van der Waals surface area (Å²) in [4.78, 5) is 26.4. The minimum absolute atomic E-state index is 0.0511. The fourth-order valence-electron chi connectivity index (χ4n) is 3.75. The number of nitrogens with zero attached hydrogens (tertiary/aromatic N) is 4. The van der Waals surface area contributed by atoms with Crippen LogP contribution in [0.25, 0.3) is 21.8 Å². The van der Waals surface area contributed by atoms with E-state index in [1.165, 1.54) is 29.7 Å². The molecule has 1 fully saturated rings. The second kappa shape index (κ2) is 9.54. The van der Waals surface area contributed by atoms with Crippen LogP contribution in [0.1, 0.15) is 24.8 Å². The van der Waals surface area contributed by atoms with Crippen molar-refractivity contribution in [2.24, 2.45) is 0 Å². The highest BCUT2D eigenvalue weighted by Gasteiger charge is 2.35. The topological polar surface area (TPSA) is 88.4 Å². The number of carboxylic acid groups (broad SMARTS) is 1. The van der Waals surface area contributed by atoms with E-state index in [0.717, 1.165) is 22.7 Å². The summed E-state index contributed by atoms with van der Waals surface area (Å²) < 4.78 is 21.3. The van der Waals surface area contributed by atoms with Crippen molar-refractivity contribution in [1.82, 2.24) is 15.0 Å². The van der Waals surface area contributed by atoms with Crippen molar-refractivity contribution >= 4 is 34.7 Å². The molecule has 0 spiro atoms. The van der Waals surface area contributed by atoms with E-state index in [-0.39, 0.29) is 28.5 Å². The summed E-state index contributed by atoms with van der Waals surface area (Å²) in [6, 6.07) is 6.32. The number of aromatic nitrogens is 3. The minimum Gasteiger partial charge on any atom is -0.465 e. The van der Waals surface area contributed by atoms with Crippen LogP contribution in [0, 0.1) is 5.82 Å². The first-order chi connectivity index (χ1) is 15.8. The Balaban J connectivity index is 1.90. The van der Waals surface area contributed by atoms with Crippen molar-refractivity contribution < 1.29 is 19.0 Å². The number of halogens is 2. The van der Waals surface area contributed by atoms with Gasteiger partial charge in [-0.15, -0.1) is 17.9 Å². The number of benzene rings is 1. The van der Waals surface area contributed by atoms with Crippen LogP contribution >= 0.6 is 22.9 Å². The largest absolute Gasteiger partial charge is 0.465 e. The third kappa shape index (κ3) is 4.62. The molecule has 4 rings (SSSR count). The van der Waals surface area contributed by atoms with Gasteiger partial charge in [0.25, 0.3) is 0 Å². The molecule has 172 valence electrons. The molecule has 2 aromatic heterocycles. The third-order valence-corrected chi connectivity index (χ3v) is 7.23. The van der Waals surface area contributed by atoms with Gasteiger partial charge >= 0.3 is 6.09 Å². The maximum atomic E-state index is 15.8. The summed E-state index contributed by atoms with van der Waals surface area (Å²) in [6.07, 6.45) is 3.24. The zero-order chi connectivity index (χ0) is 23.6. The average Bonchev–Trinajstić information content (AvgIpc) is 3.24. The Labute approximate surface area is 199 Å². The van der Waals surface area contributed by atoms with Gasteiger partial charge in [-0.2, -0.15) is 0 Å². The number of hydrogen-bond donors (Lipinski definition) is 1. The molecule has 0 atom stereocenters. The highest BCUT2D eigenvalue weighted by molar-refractivity contribution is 7.15. The van der Waals surface area contributed by atoms with Gasteiger partial charge in [0.05, 0.1) is 27.0 Å². The summed E-state index contributed by atoms with van der Waals surface area (Å²) in [5, 5.41) is 10.5. The molecule has 1 N–H and O–H groups in total. The van der Waals surface area contributed by atoms with Crippen LogP contribution in [0.4, 0.5) is 14.9 Å². The van der Waals surface area contributed by atoms with Crippen LogP contribution in [0.5, 0.6) is 0 Å². The van der Waals surface area contributed by atoms with Crippen LogP contribution in [-0.2, 0) is 10.2 Å². The van der Waals surface area contributed by atoms with E-state index >= 15 is 4.39 Å². The van der Waals surface area contributed by atoms with E-state index in [0.29, 0.717) is 29.5 Å². The Hall–Kier alpha value is -2.88. The van der Waals surface area contributed by atoms with Crippen molar-refractivity contribution in [3.05, 3.63) is 59.2 Å². The Kier molecular flexibility index (Phi) is 6.73. The van der Waals surface area contributed by atoms with Crippen molar-refractivity contribution in [3.8, 4) is 21.8 Å². The number of thiazole rings is 1. The first-order valence-corrected chi connectivity index (χ1v) is 11.5. The van der Waals surface area contributed by atoms with Gasteiger partial charge in [-0.1, -0.05) is 19.1 Å². The number of rotatable bonds is 6. The van der Waals surface area contributed by atoms with Gasteiger partial charge in [0.2, 0.25) is 5.28 Å². The minimum atomic E-state index is -1.28. The quantitative estimate of drug-likeness (QED) is 0.348. The van der Waals surface area contributed by atoms with Crippen LogP contribution in [0.15, 0.2) is 43.1 Å². The molecule has 1 aromatic carbocycles. The fraction of sp³-hybridized carbons (Fsp3) is 0.304. The Morgan fingerprint density at radius 3 is 2.79 bits per heavy atom. The lowest BCUT2D eigenvalue weighted by atomic mass is 9.83. The molecule has 1 aliphatic rings. The van der Waals surface area contributed by atoms with Crippen molar-refractivity contribution in [2.45, 2.75) is 25.2 Å². The molecule has 0 saturated carbocycles. The lowest BCUT2D eigenvalue weighted by Gasteiger charge is -2.31. The molecule has 0 aliphatic carbocycles. The first-order valence-electron chi connectivity index (χ1n) is 10.3. The summed E-state index contributed by atoms with van der Waals surface area (Å²) in [6.45, 7) is 6.89. The summed E-state index contributed by atoms with van der Waals surface area (Å²) in [7, 11) is 0. The molecule has 1 saturated heterocycles. The Bertz CT molecular complexity index is 1200. The van der Waals surface area contributed by atoms with Crippen molar-refractivity contribution in [2.75, 3.05) is 24.7 Å². The zero-order valence-electron chi connectivity index (χ0n) is 17.9. The van der Waals surface area contributed by atoms with Crippen LogP contribution in [0.2, 0.25) is 5.28 Å². The summed E-state index contributed by atoms with van der Waals surface area (Å²) in [5.41, 5.74) is 0.803. The first kappa shape index (κ1) is 23.3. The van der Waals surface area contributed by atoms with Gasteiger partial charge in [-0.05, 0) is 42.6 Å². The molecule has 1 amide bonds. The average molecular weight is 489 g/mol. The van der Waals surface area contributed by atoms with Gasteiger partial charge < -0.3 is 9.84 Å². The van der Waals surface area contributed by atoms with E-state index in [1.54, 1.807) is 18.2 Å². The smallest absolute Gasteiger partial charge is 0.412 e. The Morgan fingerprint density at radius 2 is 2.12 bits per heavy atom. The highest BCUT2D eigenvalue weighted by Crippen LogP contribution is 2.45. The number of amides is 1. The number of anilines is 1. The fourth-order valence-corrected chi connectivity index (χ4v) is 5.15. The molecule has 7 nitrogen and oxygen atoms in total. The van der Waals surface area contributed by atoms with Gasteiger partial charge in [0, 0.05) is 36.9 Å². The molecule has 1 aliphatic heterocycles. The maximum absolute atomic E-state index is 15.8. The van der Waals surface area contributed by atoms with E-state index < -0.39 is 11.9 Å². The number of carbonyl (C=O) groups is 1. The van der Waals surface area contributed by atoms with Crippen LogP contribution in [-0.4, -0.2) is 45.9 Å². The summed E-state index contributed by atoms with van der Waals surface area (Å²) in [5.74, 6) is -0.683. The number of ether oxygens (including phenoxy) is 1. The molecule has 0 unspecified atom stereocenters. The van der Waals surface area contributed by atoms with Gasteiger partial charge in [0.15, 0.2) is 5.82 Å². The molecular formula is C23H22ClFN4O3S. The van der Waals surface area contributed by atoms with Gasteiger partial charge in [-0.3, -0.25) is 4.90 Å². The van der Waals surface area contributed by atoms with E-state index in [9.17, 15) is 9.90 Å². The maximum Gasteiger partial charge on any atom is 0.412 e. The molecule has 33 heavy (non-hydrogen) atoms. The van der Waals surface area contributed by atoms with Gasteiger partial charge in [-0.25, -0.2) is 24.1 Å². The standard InChI is InChI=1S/C23H22ClFN4O3S/c1-3-11-29(22(30)31)16-6-4-5-14(17(16)25)18-19(15-7-10-26-21(24)27-15)33-20(28-18)23(2)8-12-32-13-9-23/h3-7,10H,1,8-9,11-13H2,2H3,(H,30,31). The molecule has 0 bridgehead atoms. The Morgan fingerprint density at radius 1 is 1.36 bits per heavy atom. The van der Waals surface area contributed by atoms with E-state index in [2.05, 4.69) is 23.5 Å². The second-order valence-corrected chi connectivity index (χ2v) is 9.24. The van der Waals surface area contributed by atoms with E-state index in [4.69, 9.17) is 21.3 Å².